The van der Waals surface area contributed by atoms with E-state index in [1.54, 1.807) is 24.5 Å². The number of fused-ring (bicyclic) bond motifs is 2. The van der Waals surface area contributed by atoms with Crippen LogP contribution in [0.15, 0.2) is 60.0 Å². The molecule has 0 spiro atoms. The van der Waals surface area contributed by atoms with Gasteiger partial charge in [-0.05, 0) is 136 Å². The zero-order valence-electron chi connectivity index (χ0n) is 36.7. The smallest absolute Gasteiger partial charge is 0.255 e. The normalized spacial score (nSPS) is 17.6. The van der Waals surface area contributed by atoms with Crippen LogP contribution in [0.5, 0.6) is 11.5 Å². The minimum absolute atomic E-state index is 0.0248. The van der Waals surface area contributed by atoms with Crippen molar-refractivity contribution in [2.75, 3.05) is 45.7 Å². The molecule has 3 N–H and O–H groups in total. The Balaban J connectivity index is 0.778. The first-order valence-electron chi connectivity index (χ1n) is 22.4. The molecule has 5 aromatic rings. The van der Waals surface area contributed by atoms with Crippen molar-refractivity contribution in [1.29, 1.82) is 0 Å². The second kappa shape index (κ2) is 19.9. The summed E-state index contributed by atoms with van der Waals surface area (Å²) in [5.74, 6) is 1.39. The van der Waals surface area contributed by atoms with Crippen LogP contribution in [0.3, 0.4) is 0 Å². The highest BCUT2D eigenvalue weighted by atomic mass is 32.1. The van der Waals surface area contributed by atoms with E-state index in [-0.39, 0.29) is 43.2 Å². The number of halogens is 1. The number of unbranched alkanes of at least 4 members (excludes halogenated alkanes) is 4. The third-order valence-corrected chi connectivity index (χ3v) is 13.9. The number of nitrogens with one attached hydrogen (secondary N) is 3. The summed E-state index contributed by atoms with van der Waals surface area (Å²) in [5, 5.41) is 12.4. The van der Waals surface area contributed by atoms with Gasteiger partial charge in [-0.15, -0.1) is 11.3 Å². The molecule has 2 fully saturated rings. The highest BCUT2D eigenvalue weighted by Gasteiger charge is 2.41. The summed E-state index contributed by atoms with van der Waals surface area (Å²) >= 11 is 1.74. The Morgan fingerprint density at radius 2 is 1.75 bits per heavy atom. The Morgan fingerprint density at radius 3 is 2.54 bits per heavy atom. The van der Waals surface area contributed by atoms with Gasteiger partial charge in [0.1, 0.15) is 23.5 Å². The van der Waals surface area contributed by atoms with E-state index in [1.807, 2.05) is 26.1 Å². The number of amides is 3. The lowest BCUT2D eigenvalue weighted by atomic mass is 9.85. The fraction of sp³-hybridized carbons (Fsp3) is 0.449. The highest BCUT2D eigenvalue weighted by molar-refractivity contribution is 7.10. The fourth-order valence-electron chi connectivity index (χ4n) is 9.41. The third kappa shape index (κ3) is 10.0. The number of aryl methyl sites for hydroxylation is 1. The van der Waals surface area contributed by atoms with Gasteiger partial charge in [-0.2, -0.15) is 0 Å². The van der Waals surface area contributed by atoms with Crippen LogP contribution < -0.4 is 25.4 Å². The molecule has 3 aliphatic rings. The van der Waals surface area contributed by atoms with Crippen LogP contribution in [0.1, 0.15) is 114 Å². The number of anilines is 1. The van der Waals surface area contributed by atoms with Crippen molar-refractivity contribution >= 4 is 45.8 Å². The van der Waals surface area contributed by atoms with Gasteiger partial charge in [-0.25, -0.2) is 14.4 Å². The molecule has 0 saturated carbocycles. The zero-order valence-corrected chi connectivity index (χ0v) is 37.5. The minimum Gasteiger partial charge on any atom is -0.493 e. The monoisotopic (exact) mass is 875 g/mol. The van der Waals surface area contributed by atoms with Gasteiger partial charge >= 0.3 is 0 Å². The van der Waals surface area contributed by atoms with Crippen molar-refractivity contribution in [2.24, 2.45) is 0 Å². The van der Waals surface area contributed by atoms with Crippen LogP contribution in [0.4, 0.5) is 10.2 Å². The van der Waals surface area contributed by atoms with E-state index in [0.717, 1.165) is 99.0 Å². The molecule has 8 rings (SSSR count). The highest BCUT2D eigenvalue weighted by Crippen LogP contribution is 2.39. The molecule has 5 heterocycles. The number of piperidine rings is 2. The number of aromatic nitrogens is 2. The first kappa shape index (κ1) is 44.2. The van der Waals surface area contributed by atoms with Gasteiger partial charge < -0.3 is 29.9 Å². The molecule has 2 atom stereocenters. The molecule has 2 aromatic heterocycles. The number of nitrogens with zero attached hydrogens (tertiary/aromatic N) is 4. The van der Waals surface area contributed by atoms with Gasteiger partial charge in [0.25, 0.3) is 5.91 Å². The number of carbonyl (C=O) groups excluding carboxylic acids is 3. The summed E-state index contributed by atoms with van der Waals surface area (Å²) in [7, 11) is 3.63. The minimum atomic E-state index is -0.710. The number of hydrogen-bond donors (Lipinski definition) is 3. The van der Waals surface area contributed by atoms with Crippen LogP contribution >= 0.6 is 11.3 Å². The van der Waals surface area contributed by atoms with Gasteiger partial charge in [0.05, 0.1) is 25.3 Å². The summed E-state index contributed by atoms with van der Waals surface area (Å²) in [6.07, 6.45) is 7.63. The number of rotatable bonds is 18. The average molecular weight is 876 g/mol. The summed E-state index contributed by atoms with van der Waals surface area (Å²) < 4.78 is 26.9. The van der Waals surface area contributed by atoms with Crippen LogP contribution in [0.2, 0.25) is 0 Å². The molecule has 3 aliphatic heterocycles. The Kier molecular flexibility index (Phi) is 14.0. The predicted octanol–water partition coefficient (Wildman–Crippen LogP) is 8.68. The second-order valence-electron chi connectivity index (χ2n) is 17.1. The molecule has 63 heavy (non-hydrogen) atoms. The lowest BCUT2D eigenvalue weighted by Gasteiger charge is -2.33. The first-order valence-corrected chi connectivity index (χ1v) is 23.2. The number of imide groups is 1. The second-order valence-corrected chi connectivity index (χ2v) is 18.0. The quantitative estimate of drug-likeness (QED) is 0.0580. The van der Waals surface area contributed by atoms with E-state index >= 15 is 0 Å². The molecule has 0 aliphatic carbocycles. The largest absolute Gasteiger partial charge is 0.493 e. The maximum atomic E-state index is 14.9. The van der Waals surface area contributed by atoms with Crippen LogP contribution in [-0.2, 0) is 22.7 Å². The molecular weight excluding hydrogens is 818 g/mol. The summed E-state index contributed by atoms with van der Waals surface area (Å²) in [6, 6.07) is 16.9. The average Bonchev–Trinajstić information content (AvgIpc) is 3.90. The number of carbonyl (C=O) groups is 3. The van der Waals surface area contributed by atoms with Gasteiger partial charge in [-0.3, -0.25) is 19.7 Å². The standard InChI is InChI=1S/C49H58FN7O5S/c1-30(45-22-34(29-63-45)36-13-9-8-12-33(36)27-51-3)52-47-39-25-43(61-4)44(26-41(39)53-31(2)54-47)62-21-11-7-5-6-10-18-56-19-16-32(17-20-56)37-23-35(50)24-38-40(37)28-57(49(38)60)42-14-15-46(58)55-48(42)59/h8-9,12-13,22-26,29-30,32,42,51H,5-7,10-11,14-21,27-28H2,1-4H3,(H,52,53,54)(H,55,58,59)/t30-,42?/m0/s1. The van der Waals surface area contributed by atoms with E-state index in [2.05, 4.69) is 63.5 Å². The lowest BCUT2D eigenvalue weighted by molar-refractivity contribution is -0.136. The van der Waals surface area contributed by atoms with E-state index in [4.69, 9.17) is 19.4 Å². The van der Waals surface area contributed by atoms with Gasteiger partial charge in [0.2, 0.25) is 11.8 Å². The molecule has 1 unspecified atom stereocenters. The summed E-state index contributed by atoms with van der Waals surface area (Å²) in [5.41, 5.74) is 6.60. The number of benzene rings is 3. The molecule has 332 valence electrons. The summed E-state index contributed by atoms with van der Waals surface area (Å²) in [4.78, 5) is 52.3. The van der Waals surface area contributed by atoms with Crippen molar-refractivity contribution < 1.29 is 28.2 Å². The Labute approximate surface area is 373 Å². The SMILES string of the molecule is CNCc1ccccc1-c1csc([C@H](C)Nc2nc(C)nc3cc(OCCCCCCCN4CCC(c5cc(F)cc6c5CN(C5CCC(=O)NC5=O)C6=O)CC4)c(OC)cc23)c1. The number of methoxy groups -OCH3 is 1. The van der Waals surface area contributed by atoms with E-state index in [0.29, 0.717) is 29.5 Å². The molecule has 3 aromatic carbocycles. The van der Waals surface area contributed by atoms with Crippen molar-refractivity contribution in [3.05, 3.63) is 98.7 Å². The van der Waals surface area contributed by atoms with E-state index in [9.17, 15) is 18.8 Å². The maximum Gasteiger partial charge on any atom is 0.255 e. The van der Waals surface area contributed by atoms with Gasteiger partial charge in [0.15, 0.2) is 11.5 Å². The number of ether oxygens (including phenoxy) is 2. The Hall–Kier alpha value is -5.44. The fourth-order valence-corrected chi connectivity index (χ4v) is 10.3. The topological polar surface area (TPSA) is 138 Å². The van der Waals surface area contributed by atoms with E-state index < -0.39 is 17.8 Å². The lowest BCUT2D eigenvalue weighted by Crippen LogP contribution is -2.52. The number of likely N-dealkylation sites (tertiary alicyclic amines) is 1. The van der Waals surface area contributed by atoms with Crippen molar-refractivity contribution in [2.45, 2.75) is 103 Å². The first-order chi connectivity index (χ1) is 30.6. The van der Waals surface area contributed by atoms with Crippen LogP contribution in [-0.4, -0.2) is 83.9 Å². The Morgan fingerprint density at radius 1 is 0.952 bits per heavy atom. The molecule has 0 bridgehead atoms. The molecular formula is C49H58FN7O5S. The maximum absolute atomic E-state index is 14.9. The molecule has 12 nitrogen and oxygen atoms in total. The summed E-state index contributed by atoms with van der Waals surface area (Å²) in [6.45, 7) is 8.61. The molecule has 2 saturated heterocycles. The van der Waals surface area contributed by atoms with Crippen molar-refractivity contribution in [1.82, 2.24) is 30.4 Å². The predicted molar refractivity (Wildman–Crippen MR) is 245 cm³/mol. The van der Waals surface area contributed by atoms with Crippen LogP contribution in [0.25, 0.3) is 22.0 Å². The molecule has 3 amide bonds. The number of hydrogen-bond acceptors (Lipinski definition) is 11. The van der Waals surface area contributed by atoms with Crippen molar-refractivity contribution in [3.63, 3.8) is 0 Å². The number of thiophene rings is 1. The van der Waals surface area contributed by atoms with Crippen molar-refractivity contribution in [3.8, 4) is 22.6 Å². The zero-order chi connectivity index (χ0) is 44.0. The Bertz CT molecular complexity index is 2470. The molecule has 14 heteroatoms. The van der Waals surface area contributed by atoms with Gasteiger partial charge in [-0.1, -0.05) is 43.5 Å². The van der Waals surface area contributed by atoms with Crippen LogP contribution in [0, 0.1) is 12.7 Å². The molecule has 0 radical (unpaired) electrons. The van der Waals surface area contributed by atoms with E-state index in [1.165, 1.54) is 32.5 Å². The van der Waals surface area contributed by atoms with Gasteiger partial charge in [0, 0.05) is 41.4 Å². The third-order valence-electron chi connectivity index (χ3n) is 12.7.